The van der Waals surface area contributed by atoms with Crippen molar-refractivity contribution in [2.75, 3.05) is 45.4 Å². The van der Waals surface area contributed by atoms with E-state index in [2.05, 4.69) is 11.9 Å². The van der Waals surface area contributed by atoms with Gasteiger partial charge >= 0.3 is 0 Å². The molecule has 0 aromatic rings. The van der Waals surface area contributed by atoms with Crippen molar-refractivity contribution in [1.29, 1.82) is 5.41 Å². The maximum atomic E-state index is 7.38. The Balaban J connectivity index is 3.13. The van der Waals surface area contributed by atoms with Crippen LogP contribution in [0.15, 0.2) is 4.99 Å². The molecule has 0 radical (unpaired) electrons. The van der Waals surface area contributed by atoms with Crippen LogP contribution < -0.4 is 11.5 Å². The fourth-order valence-corrected chi connectivity index (χ4v) is 1.70. The first kappa shape index (κ1) is 19.2. The van der Waals surface area contributed by atoms with E-state index in [-0.39, 0.29) is 11.1 Å². The van der Waals surface area contributed by atoms with Gasteiger partial charge in [0.1, 0.15) is 0 Å². The van der Waals surface area contributed by atoms with E-state index < -0.39 is 0 Å². The van der Waals surface area contributed by atoms with E-state index in [0.29, 0.717) is 38.8 Å². The van der Waals surface area contributed by atoms with Crippen LogP contribution in [0.5, 0.6) is 0 Å². The minimum Gasteiger partial charge on any atom is -0.379 e. The summed E-state index contributed by atoms with van der Waals surface area (Å²) >= 11 is 1.23. The van der Waals surface area contributed by atoms with Gasteiger partial charge in [0.2, 0.25) is 0 Å². The molecule has 0 atom stereocenters. The predicted molar refractivity (Wildman–Crippen MR) is 83.4 cm³/mol. The molecule has 0 aliphatic heterocycles. The number of rotatable bonds is 12. The van der Waals surface area contributed by atoms with E-state index in [0.717, 1.165) is 19.4 Å². The first-order chi connectivity index (χ1) is 9.66. The van der Waals surface area contributed by atoms with Crippen molar-refractivity contribution in [3.05, 3.63) is 0 Å². The largest absolute Gasteiger partial charge is 0.379 e. The number of hydrogen-bond donors (Lipinski definition) is 3. The maximum Gasteiger partial charge on any atom is 0.193 e. The van der Waals surface area contributed by atoms with E-state index >= 15 is 0 Å². The molecule has 0 rings (SSSR count). The molecular weight excluding hydrogens is 280 g/mol. The minimum atomic E-state index is -0.0991. The lowest BCUT2D eigenvalue weighted by Gasteiger charge is -2.06. The lowest BCUT2D eigenvalue weighted by molar-refractivity contribution is 0.0169. The van der Waals surface area contributed by atoms with Gasteiger partial charge in [0.05, 0.1) is 33.0 Å². The maximum absolute atomic E-state index is 7.38. The van der Waals surface area contributed by atoms with Crippen LogP contribution in [0.4, 0.5) is 0 Å². The molecule has 0 aliphatic rings. The predicted octanol–water partition coefficient (Wildman–Crippen LogP) is 0.778. The zero-order chi connectivity index (χ0) is 15.1. The summed E-state index contributed by atoms with van der Waals surface area (Å²) in [7, 11) is 0. The Labute approximate surface area is 124 Å². The van der Waals surface area contributed by atoms with Gasteiger partial charge in [-0.1, -0.05) is 25.1 Å². The molecule has 0 amide bonds. The number of amidine groups is 1. The summed E-state index contributed by atoms with van der Waals surface area (Å²) in [6, 6.07) is 0. The summed E-state index contributed by atoms with van der Waals surface area (Å²) in [6.07, 6.45) is 2.24. The fourth-order valence-electron chi connectivity index (χ4n) is 1.14. The van der Waals surface area contributed by atoms with Gasteiger partial charge in [-0.25, -0.2) is 0 Å². The molecule has 0 bridgehead atoms. The Bertz CT molecular complexity index is 273. The Morgan fingerprint density at radius 1 is 1.00 bits per heavy atom. The average molecular weight is 306 g/mol. The number of guanidine groups is 1. The molecular formula is C12H26N4O3S. The third-order valence-corrected chi connectivity index (χ3v) is 2.82. The van der Waals surface area contributed by atoms with Crippen molar-refractivity contribution in [3.8, 4) is 0 Å². The molecule has 8 heteroatoms. The molecule has 7 nitrogen and oxygen atoms in total. The van der Waals surface area contributed by atoms with Crippen LogP contribution in [0.1, 0.15) is 19.8 Å². The Kier molecular flexibility index (Phi) is 14.0. The first-order valence-electron chi connectivity index (χ1n) is 6.71. The zero-order valence-corrected chi connectivity index (χ0v) is 12.9. The van der Waals surface area contributed by atoms with Crippen molar-refractivity contribution >= 4 is 22.9 Å². The number of ether oxygens (including phenoxy) is 3. The van der Waals surface area contributed by atoms with Gasteiger partial charge in [-0.15, -0.1) is 0 Å². The lowest BCUT2D eigenvalue weighted by atomic mass is 10.4. The fraction of sp³-hybridized carbons (Fsp3) is 0.833. The molecule has 0 saturated heterocycles. The number of thioether (sulfide) groups is 1. The van der Waals surface area contributed by atoms with Crippen LogP contribution in [-0.2, 0) is 14.2 Å². The van der Waals surface area contributed by atoms with Gasteiger partial charge in [0.15, 0.2) is 11.1 Å². The van der Waals surface area contributed by atoms with Gasteiger partial charge in [-0.3, -0.25) is 5.41 Å². The monoisotopic (exact) mass is 306 g/mol. The molecule has 0 unspecified atom stereocenters. The first-order valence-corrected chi connectivity index (χ1v) is 7.69. The minimum absolute atomic E-state index is 0.0917. The average Bonchev–Trinajstić information content (AvgIpc) is 2.39. The third kappa shape index (κ3) is 15.2. The second-order valence-electron chi connectivity index (χ2n) is 3.88. The molecule has 0 saturated carbocycles. The number of nitrogens with two attached hydrogens (primary N) is 2. The highest BCUT2D eigenvalue weighted by Crippen LogP contribution is 2.02. The van der Waals surface area contributed by atoms with Crippen molar-refractivity contribution in [2.24, 2.45) is 16.5 Å². The van der Waals surface area contributed by atoms with Crippen LogP contribution in [0.2, 0.25) is 0 Å². The van der Waals surface area contributed by atoms with Crippen molar-refractivity contribution < 1.29 is 14.2 Å². The molecule has 0 spiro atoms. The molecule has 0 aromatic heterocycles. The Morgan fingerprint density at radius 2 is 1.55 bits per heavy atom. The van der Waals surface area contributed by atoms with Gasteiger partial charge in [-0.2, -0.15) is 4.99 Å². The SMILES string of the molecule is CCCCOCCOCCOCCSC(=N)N=C(N)N. The summed E-state index contributed by atoms with van der Waals surface area (Å²) in [5, 5.41) is 7.47. The topological polar surface area (TPSA) is 116 Å². The van der Waals surface area contributed by atoms with Crippen LogP contribution >= 0.6 is 11.8 Å². The van der Waals surface area contributed by atoms with E-state index in [1.54, 1.807) is 0 Å². The number of aliphatic imine (C=N–C) groups is 1. The second-order valence-corrected chi connectivity index (χ2v) is 4.96. The van der Waals surface area contributed by atoms with Crippen molar-refractivity contribution in [1.82, 2.24) is 0 Å². The highest BCUT2D eigenvalue weighted by atomic mass is 32.2. The number of nitrogens with zero attached hydrogens (tertiary/aromatic N) is 1. The number of hydrogen-bond acceptors (Lipinski definition) is 5. The van der Waals surface area contributed by atoms with E-state index in [4.69, 9.17) is 31.1 Å². The molecule has 118 valence electrons. The molecule has 5 N–H and O–H groups in total. The van der Waals surface area contributed by atoms with Gasteiger partial charge in [0.25, 0.3) is 0 Å². The second kappa shape index (κ2) is 14.6. The van der Waals surface area contributed by atoms with Crippen LogP contribution in [-0.4, -0.2) is 56.5 Å². The highest BCUT2D eigenvalue weighted by molar-refractivity contribution is 8.13. The molecule has 0 fully saturated rings. The van der Waals surface area contributed by atoms with Gasteiger partial charge < -0.3 is 25.7 Å². The lowest BCUT2D eigenvalue weighted by Crippen LogP contribution is -2.23. The molecule has 0 aromatic carbocycles. The van der Waals surface area contributed by atoms with Gasteiger partial charge in [-0.05, 0) is 6.42 Å². The normalized spacial score (nSPS) is 10.4. The molecule has 0 aliphatic carbocycles. The quantitative estimate of drug-likeness (QED) is 0.279. The standard InChI is InChI=1S/C12H26N4O3S/c1-2-3-4-17-5-6-18-7-8-19-9-10-20-12(15)16-11(13)14/h2-10H2,1H3,(H5,13,14,15,16). The molecule has 20 heavy (non-hydrogen) atoms. The van der Waals surface area contributed by atoms with E-state index in [1.165, 1.54) is 11.8 Å². The summed E-state index contributed by atoms with van der Waals surface area (Å²) in [5.41, 5.74) is 10.3. The smallest absolute Gasteiger partial charge is 0.193 e. The van der Waals surface area contributed by atoms with E-state index in [9.17, 15) is 0 Å². The van der Waals surface area contributed by atoms with Gasteiger partial charge in [0, 0.05) is 12.4 Å². The summed E-state index contributed by atoms with van der Waals surface area (Å²) < 4.78 is 16.0. The Morgan fingerprint density at radius 3 is 2.10 bits per heavy atom. The Hall–Kier alpha value is -0.830. The van der Waals surface area contributed by atoms with E-state index in [1.807, 2.05) is 0 Å². The van der Waals surface area contributed by atoms with Crippen LogP contribution in [0.25, 0.3) is 0 Å². The summed E-state index contributed by atoms with van der Waals surface area (Å²) in [5.74, 6) is 0.536. The highest BCUT2D eigenvalue weighted by Gasteiger charge is 1.96. The van der Waals surface area contributed by atoms with Crippen LogP contribution in [0, 0.1) is 5.41 Å². The number of nitrogens with one attached hydrogen (secondary N) is 1. The van der Waals surface area contributed by atoms with Crippen molar-refractivity contribution in [2.45, 2.75) is 19.8 Å². The summed E-state index contributed by atoms with van der Waals surface area (Å²) in [4.78, 5) is 3.59. The van der Waals surface area contributed by atoms with Crippen LogP contribution in [0.3, 0.4) is 0 Å². The summed E-state index contributed by atoms with van der Waals surface area (Å²) in [6.45, 7) is 5.77. The number of unbranched alkanes of at least 4 members (excludes halogenated alkanes) is 1. The van der Waals surface area contributed by atoms with Crippen molar-refractivity contribution in [3.63, 3.8) is 0 Å². The molecule has 0 heterocycles. The zero-order valence-electron chi connectivity index (χ0n) is 12.1. The third-order valence-electron chi connectivity index (χ3n) is 2.08.